The summed E-state index contributed by atoms with van der Waals surface area (Å²) in [6.45, 7) is 5.46. The van der Waals surface area contributed by atoms with Crippen molar-refractivity contribution in [3.63, 3.8) is 0 Å². The SMILES string of the molecule is Cc1cc(C)cc(C(=O)N2CCC3(CC2)CN(c2cccc(F)c2)C(=O)CO3)c1. The van der Waals surface area contributed by atoms with Crippen LogP contribution in [0.15, 0.2) is 42.5 Å². The highest BCUT2D eigenvalue weighted by Gasteiger charge is 2.43. The Labute approximate surface area is 170 Å². The van der Waals surface area contributed by atoms with E-state index in [1.165, 1.54) is 12.1 Å². The van der Waals surface area contributed by atoms with Gasteiger partial charge in [0.25, 0.3) is 11.8 Å². The Morgan fingerprint density at radius 2 is 1.76 bits per heavy atom. The summed E-state index contributed by atoms with van der Waals surface area (Å²) in [7, 11) is 0. The minimum absolute atomic E-state index is 0.0263. The van der Waals surface area contributed by atoms with Gasteiger partial charge in [0.2, 0.25) is 0 Å². The number of likely N-dealkylation sites (tertiary alicyclic amines) is 1. The number of hydrogen-bond acceptors (Lipinski definition) is 3. The van der Waals surface area contributed by atoms with Crippen LogP contribution < -0.4 is 4.90 Å². The van der Waals surface area contributed by atoms with Crippen molar-refractivity contribution in [1.82, 2.24) is 4.90 Å². The van der Waals surface area contributed by atoms with Crippen LogP contribution in [0.1, 0.15) is 34.3 Å². The van der Waals surface area contributed by atoms with E-state index in [1.807, 2.05) is 30.9 Å². The van der Waals surface area contributed by atoms with Crippen LogP contribution in [0.5, 0.6) is 0 Å². The number of amides is 2. The van der Waals surface area contributed by atoms with Crippen molar-refractivity contribution >= 4 is 17.5 Å². The zero-order chi connectivity index (χ0) is 20.6. The first-order chi connectivity index (χ1) is 13.8. The largest absolute Gasteiger partial charge is 0.363 e. The summed E-state index contributed by atoms with van der Waals surface area (Å²) >= 11 is 0. The fourth-order valence-electron chi connectivity index (χ4n) is 4.29. The van der Waals surface area contributed by atoms with Gasteiger partial charge >= 0.3 is 0 Å². The second-order valence-electron chi connectivity index (χ2n) is 8.10. The van der Waals surface area contributed by atoms with Crippen molar-refractivity contribution in [2.24, 2.45) is 0 Å². The standard InChI is InChI=1S/C23H25FN2O3/c1-16-10-17(2)12-18(11-16)22(28)25-8-6-23(7-9-25)15-26(21(27)14-29-23)20-5-3-4-19(24)13-20/h3-5,10-13H,6-9,14-15H2,1-2H3. The number of morpholine rings is 1. The van der Waals surface area contributed by atoms with Crippen molar-refractivity contribution in [3.05, 3.63) is 65.0 Å². The van der Waals surface area contributed by atoms with Gasteiger partial charge in [0.1, 0.15) is 12.4 Å². The Bertz CT molecular complexity index is 931. The third-order valence-electron chi connectivity index (χ3n) is 5.80. The van der Waals surface area contributed by atoms with Crippen LogP contribution in [-0.4, -0.2) is 48.6 Å². The molecule has 2 fully saturated rings. The number of rotatable bonds is 2. The van der Waals surface area contributed by atoms with Crippen LogP contribution in [0.4, 0.5) is 10.1 Å². The zero-order valence-corrected chi connectivity index (χ0v) is 16.8. The molecule has 6 heteroatoms. The molecule has 0 saturated carbocycles. The number of ether oxygens (including phenoxy) is 1. The highest BCUT2D eigenvalue weighted by atomic mass is 19.1. The van der Waals surface area contributed by atoms with Crippen LogP contribution in [0, 0.1) is 19.7 Å². The summed E-state index contributed by atoms with van der Waals surface area (Å²) in [4.78, 5) is 28.8. The second kappa shape index (κ2) is 7.59. The number of carbonyl (C=O) groups is 2. The van der Waals surface area contributed by atoms with Gasteiger partial charge in [0.15, 0.2) is 0 Å². The number of hydrogen-bond donors (Lipinski definition) is 0. The molecule has 0 bridgehead atoms. The molecule has 29 heavy (non-hydrogen) atoms. The lowest BCUT2D eigenvalue weighted by Gasteiger charge is -2.47. The molecule has 4 rings (SSSR count). The molecule has 0 radical (unpaired) electrons. The topological polar surface area (TPSA) is 49.9 Å². The number of halogens is 1. The molecule has 0 aromatic heterocycles. The molecule has 0 N–H and O–H groups in total. The van der Waals surface area contributed by atoms with Crippen molar-refractivity contribution in [1.29, 1.82) is 0 Å². The average molecular weight is 396 g/mol. The summed E-state index contributed by atoms with van der Waals surface area (Å²) in [5.41, 5.74) is 2.90. The molecule has 0 atom stereocenters. The molecule has 2 aliphatic heterocycles. The van der Waals surface area contributed by atoms with Gasteiger partial charge in [-0.1, -0.05) is 23.3 Å². The fourth-order valence-corrected chi connectivity index (χ4v) is 4.29. The molecule has 152 valence electrons. The highest BCUT2D eigenvalue weighted by Crippen LogP contribution is 2.33. The first kappa shape index (κ1) is 19.6. The third-order valence-corrected chi connectivity index (χ3v) is 5.80. The number of piperidine rings is 1. The van der Waals surface area contributed by atoms with Gasteiger partial charge in [-0.15, -0.1) is 0 Å². The summed E-state index contributed by atoms with van der Waals surface area (Å²) in [5, 5.41) is 0. The first-order valence-electron chi connectivity index (χ1n) is 9.93. The second-order valence-corrected chi connectivity index (χ2v) is 8.10. The van der Waals surface area contributed by atoms with Gasteiger partial charge in [0.05, 0.1) is 12.1 Å². The summed E-state index contributed by atoms with van der Waals surface area (Å²) in [6.07, 6.45) is 1.28. The smallest absolute Gasteiger partial charge is 0.253 e. The third kappa shape index (κ3) is 4.03. The zero-order valence-electron chi connectivity index (χ0n) is 16.8. The molecule has 1 spiro atoms. The molecule has 2 aromatic carbocycles. The molecular weight excluding hydrogens is 371 g/mol. The van der Waals surface area contributed by atoms with E-state index in [1.54, 1.807) is 17.0 Å². The van der Waals surface area contributed by atoms with Crippen LogP contribution in [0.25, 0.3) is 0 Å². The number of benzene rings is 2. The molecule has 0 aliphatic carbocycles. The number of carbonyl (C=O) groups excluding carboxylic acids is 2. The fraction of sp³-hybridized carbons (Fsp3) is 0.391. The maximum atomic E-state index is 13.6. The van der Waals surface area contributed by atoms with Crippen LogP contribution in [-0.2, 0) is 9.53 Å². The van der Waals surface area contributed by atoms with Crippen molar-refractivity contribution in [2.45, 2.75) is 32.3 Å². The van der Waals surface area contributed by atoms with Gasteiger partial charge in [-0.25, -0.2) is 4.39 Å². The molecule has 2 aromatic rings. The molecule has 0 unspecified atom stereocenters. The molecule has 5 nitrogen and oxygen atoms in total. The predicted octanol–water partition coefficient (Wildman–Crippen LogP) is 3.48. The van der Waals surface area contributed by atoms with Crippen LogP contribution >= 0.6 is 0 Å². The summed E-state index contributed by atoms with van der Waals surface area (Å²) in [6, 6.07) is 12.0. The first-order valence-corrected chi connectivity index (χ1v) is 9.93. The normalized spacial score (nSPS) is 18.9. The molecule has 2 saturated heterocycles. The highest BCUT2D eigenvalue weighted by molar-refractivity contribution is 5.96. The van der Waals surface area contributed by atoms with Crippen LogP contribution in [0.3, 0.4) is 0 Å². The van der Waals surface area contributed by atoms with Gasteiger partial charge in [-0.3, -0.25) is 9.59 Å². The van der Waals surface area contributed by atoms with E-state index in [-0.39, 0.29) is 24.2 Å². The average Bonchev–Trinajstić information content (AvgIpc) is 2.69. The maximum absolute atomic E-state index is 13.6. The summed E-state index contributed by atoms with van der Waals surface area (Å²) in [5.74, 6) is -0.514. The van der Waals surface area contributed by atoms with E-state index in [0.717, 1.165) is 11.1 Å². The Morgan fingerprint density at radius 1 is 1.07 bits per heavy atom. The van der Waals surface area contributed by atoms with Gasteiger partial charge < -0.3 is 14.5 Å². The van der Waals surface area contributed by atoms with Gasteiger partial charge in [0, 0.05) is 24.3 Å². The molecule has 2 aliphatic rings. The van der Waals surface area contributed by atoms with E-state index in [2.05, 4.69) is 6.07 Å². The molecule has 2 amide bonds. The van der Waals surface area contributed by atoms with E-state index in [9.17, 15) is 14.0 Å². The minimum atomic E-state index is -0.500. The lowest BCUT2D eigenvalue weighted by atomic mass is 9.88. The van der Waals surface area contributed by atoms with Gasteiger partial charge in [-0.2, -0.15) is 0 Å². The Hall–Kier alpha value is -2.73. The van der Waals surface area contributed by atoms with E-state index >= 15 is 0 Å². The van der Waals surface area contributed by atoms with E-state index < -0.39 is 5.60 Å². The van der Waals surface area contributed by atoms with Gasteiger partial charge in [-0.05, 0) is 57.0 Å². The van der Waals surface area contributed by atoms with E-state index in [4.69, 9.17) is 4.74 Å². The Morgan fingerprint density at radius 3 is 2.41 bits per heavy atom. The minimum Gasteiger partial charge on any atom is -0.363 e. The quantitative estimate of drug-likeness (QED) is 0.781. The lowest BCUT2D eigenvalue weighted by Crippen LogP contribution is -2.59. The number of anilines is 1. The van der Waals surface area contributed by atoms with Crippen molar-refractivity contribution in [2.75, 3.05) is 31.1 Å². The maximum Gasteiger partial charge on any atom is 0.253 e. The summed E-state index contributed by atoms with van der Waals surface area (Å²) < 4.78 is 19.6. The monoisotopic (exact) mass is 396 g/mol. The molecule has 2 heterocycles. The predicted molar refractivity (Wildman–Crippen MR) is 108 cm³/mol. The van der Waals surface area contributed by atoms with Crippen molar-refractivity contribution in [3.8, 4) is 0 Å². The Balaban J connectivity index is 1.46. The molecular formula is C23H25FN2O3. The van der Waals surface area contributed by atoms with Crippen molar-refractivity contribution < 1.29 is 18.7 Å². The van der Waals surface area contributed by atoms with Crippen LogP contribution in [0.2, 0.25) is 0 Å². The number of aryl methyl sites for hydroxylation is 2. The number of nitrogens with zero attached hydrogens (tertiary/aromatic N) is 2. The Kier molecular flexibility index (Phi) is 5.13. The lowest BCUT2D eigenvalue weighted by molar-refractivity contribution is -0.143. The van der Waals surface area contributed by atoms with E-state index in [0.29, 0.717) is 43.7 Å².